The number of carbonyl (C=O) groups excluding carboxylic acids is 2. The monoisotopic (exact) mass is 630 g/mol. The number of rotatable bonds is 12. The van der Waals surface area contributed by atoms with Gasteiger partial charge in [-0.15, -0.1) is 0 Å². The van der Waals surface area contributed by atoms with Crippen LogP contribution < -0.4 is 10.1 Å². The van der Waals surface area contributed by atoms with E-state index in [0.717, 1.165) is 16.5 Å². The minimum absolute atomic E-state index is 0.00519. The number of carbonyl (C=O) groups is 2. The minimum Gasteiger partial charge on any atom is -0.494 e. The number of hydrogen-bond acceptors (Lipinski definition) is 7. The van der Waals surface area contributed by atoms with Crippen LogP contribution in [0.1, 0.15) is 84.5 Å². The van der Waals surface area contributed by atoms with Crippen molar-refractivity contribution in [3.63, 3.8) is 0 Å². The fraction of sp³-hybridized carbons (Fsp3) is 0.531. The van der Waals surface area contributed by atoms with Gasteiger partial charge >= 0.3 is 5.97 Å². The number of ether oxygens (including phenoxy) is 3. The van der Waals surface area contributed by atoms with E-state index in [1.807, 2.05) is 57.2 Å². The van der Waals surface area contributed by atoms with E-state index in [1.54, 1.807) is 12.1 Å². The summed E-state index contributed by atoms with van der Waals surface area (Å²) in [5.74, 6) is 0.274. The fourth-order valence-corrected chi connectivity index (χ4v) is 4.66. The third-order valence-electron chi connectivity index (χ3n) is 6.49. The first-order valence-corrected chi connectivity index (χ1v) is 14.9. The molecule has 2 N–H and O–H groups in total. The average molecular weight is 632 g/mol. The molecule has 1 aliphatic rings. The van der Waals surface area contributed by atoms with Gasteiger partial charge in [0.25, 0.3) is 5.91 Å². The Bertz CT molecular complexity index is 1200. The van der Waals surface area contributed by atoms with Gasteiger partial charge in [-0.1, -0.05) is 48.8 Å². The smallest absolute Gasteiger partial charge is 0.306 e. The summed E-state index contributed by atoms with van der Waals surface area (Å²) in [5.41, 5.74) is -0.557. The lowest BCUT2D eigenvalue weighted by molar-refractivity contribution is -0.155. The Morgan fingerprint density at radius 2 is 1.71 bits per heavy atom. The molecule has 41 heavy (non-hydrogen) atoms. The van der Waals surface area contributed by atoms with Gasteiger partial charge < -0.3 is 24.6 Å². The summed E-state index contributed by atoms with van der Waals surface area (Å²) >= 11 is 3.48. The lowest BCUT2D eigenvalue weighted by atomic mass is 9.83. The highest BCUT2D eigenvalue weighted by Crippen LogP contribution is 2.43. The summed E-state index contributed by atoms with van der Waals surface area (Å²) in [6, 6.07) is 14.8. The van der Waals surface area contributed by atoms with Crippen molar-refractivity contribution < 1.29 is 28.9 Å². The van der Waals surface area contributed by atoms with Gasteiger partial charge in [-0.05, 0) is 81.0 Å². The first kappa shape index (κ1) is 32.6. The Labute approximate surface area is 252 Å². The van der Waals surface area contributed by atoms with E-state index in [9.17, 15) is 9.59 Å². The molecule has 1 aliphatic heterocycles. The molecule has 0 unspecified atom stereocenters. The van der Waals surface area contributed by atoms with Crippen molar-refractivity contribution in [3.8, 4) is 5.75 Å². The highest BCUT2D eigenvalue weighted by atomic mass is 79.9. The first-order chi connectivity index (χ1) is 19.2. The number of aliphatic hydroxyl groups excluding tert-OH is 1. The Morgan fingerprint density at radius 3 is 2.29 bits per heavy atom. The largest absolute Gasteiger partial charge is 0.494 e. The maximum atomic E-state index is 14.1. The Balaban J connectivity index is 2.01. The molecule has 0 fully saturated rings. The number of halogens is 1. The van der Waals surface area contributed by atoms with Crippen LogP contribution in [0.25, 0.3) is 0 Å². The van der Waals surface area contributed by atoms with Crippen LogP contribution in [0, 0.1) is 5.41 Å². The normalized spacial score (nSPS) is 18.8. The van der Waals surface area contributed by atoms with E-state index in [1.165, 1.54) is 0 Å². The van der Waals surface area contributed by atoms with Crippen LogP contribution in [0.15, 0.2) is 58.0 Å². The maximum Gasteiger partial charge on any atom is 0.306 e. The molecule has 0 aliphatic carbocycles. The number of aliphatic imine (C=N–C) groups is 1. The third kappa shape index (κ3) is 9.57. The summed E-state index contributed by atoms with van der Waals surface area (Å²) < 4.78 is 18.6. The molecular weight excluding hydrogens is 588 g/mol. The summed E-state index contributed by atoms with van der Waals surface area (Å²) in [7, 11) is 0. The zero-order valence-electron chi connectivity index (χ0n) is 25.0. The number of amides is 1. The average Bonchev–Trinajstić information content (AvgIpc) is 3.28. The summed E-state index contributed by atoms with van der Waals surface area (Å²) in [4.78, 5) is 31.9. The molecule has 1 heterocycles. The van der Waals surface area contributed by atoms with Crippen LogP contribution in [0.5, 0.6) is 5.75 Å². The van der Waals surface area contributed by atoms with Gasteiger partial charge in [0.2, 0.25) is 5.90 Å². The van der Waals surface area contributed by atoms with E-state index in [0.29, 0.717) is 36.8 Å². The molecule has 2 aromatic rings. The Hall–Kier alpha value is -2.91. The van der Waals surface area contributed by atoms with Gasteiger partial charge in [0, 0.05) is 36.0 Å². The van der Waals surface area contributed by atoms with Crippen LogP contribution in [0.3, 0.4) is 0 Å². The third-order valence-corrected chi connectivity index (χ3v) is 7.02. The van der Waals surface area contributed by atoms with Crippen LogP contribution in [0.2, 0.25) is 0 Å². The predicted molar refractivity (Wildman–Crippen MR) is 163 cm³/mol. The molecule has 0 aromatic heterocycles. The number of hydrogen-bond donors (Lipinski definition) is 2. The predicted octanol–water partition coefficient (Wildman–Crippen LogP) is 6.14. The molecule has 1 amide bonds. The molecule has 8 nitrogen and oxygen atoms in total. The Morgan fingerprint density at radius 1 is 1.05 bits per heavy atom. The topological polar surface area (TPSA) is 106 Å². The van der Waals surface area contributed by atoms with Gasteiger partial charge in [-0.2, -0.15) is 0 Å². The van der Waals surface area contributed by atoms with Crippen LogP contribution in [0.4, 0.5) is 0 Å². The minimum atomic E-state index is -1.39. The second kappa shape index (κ2) is 13.8. The number of aliphatic hydroxyl groups is 1. The number of nitrogens with one attached hydrogen (secondary N) is 1. The molecule has 0 radical (unpaired) electrons. The highest BCUT2D eigenvalue weighted by molar-refractivity contribution is 9.10. The molecule has 2 atom stereocenters. The molecule has 9 heteroatoms. The fourth-order valence-electron chi connectivity index (χ4n) is 4.40. The van der Waals surface area contributed by atoms with Gasteiger partial charge in [-0.25, -0.2) is 4.99 Å². The van der Waals surface area contributed by atoms with Crippen LogP contribution >= 0.6 is 15.9 Å². The zero-order chi connectivity index (χ0) is 30.3. The molecule has 224 valence electrons. The number of esters is 1. The summed E-state index contributed by atoms with van der Waals surface area (Å²) in [5, 5.41) is 12.1. The van der Waals surface area contributed by atoms with Crippen molar-refractivity contribution in [3.05, 3.63) is 64.1 Å². The van der Waals surface area contributed by atoms with Crippen molar-refractivity contribution in [1.29, 1.82) is 0 Å². The van der Waals surface area contributed by atoms with Crippen LogP contribution in [-0.4, -0.2) is 53.8 Å². The van der Waals surface area contributed by atoms with Crippen molar-refractivity contribution in [1.82, 2.24) is 5.32 Å². The zero-order valence-corrected chi connectivity index (χ0v) is 26.5. The SMILES string of the molecule is CC(C)(C)CCNC(=O)[C@]1(CCC(=O)OC(C)(C)C)N=C(c2ccc(OCCCO)cc2)O[C@@H]1c1ccc(Br)cc1. The maximum absolute atomic E-state index is 14.1. The van der Waals surface area contributed by atoms with E-state index < -0.39 is 23.2 Å². The van der Waals surface area contributed by atoms with Gasteiger partial charge in [0.15, 0.2) is 11.6 Å². The van der Waals surface area contributed by atoms with Crippen molar-refractivity contribution in [2.24, 2.45) is 10.4 Å². The number of nitrogens with zero attached hydrogens (tertiary/aromatic N) is 1. The van der Waals surface area contributed by atoms with Crippen molar-refractivity contribution in [2.75, 3.05) is 19.8 Å². The highest BCUT2D eigenvalue weighted by Gasteiger charge is 2.53. The number of benzene rings is 2. The first-order valence-electron chi connectivity index (χ1n) is 14.1. The summed E-state index contributed by atoms with van der Waals surface area (Å²) in [6.07, 6.45) is 0.656. The van der Waals surface area contributed by atoms with E-state index in [2.05, 4.69) is 42.0 Å². The quantitative estimate of drug-likeness (QED) is 0.215. The lowest BCUT2D eigenvalue weighted by Crippen LogP contribution is -2.49. The van der Waals surface area contributed by atoms with Gasteiger partial charge in [0.05, 0.1) is 6.61 Å². The molecular formula is C32H43BrN2O6. The second-order valence-corrected chi connectivity index (χ2v) is 13.4. The lowest BCUT2D eigenvalue weighted by Gasteiger charge is -2.31. The van der Waals surface area contributed by atoms with Crippen LogP contribution in [-0.2, 0) is 19.1 Å². The second-order valence-electron chi connectivity index (χ2n) is 12.5. The molecule has 0 saturated heterocycles. The summed E-state index contributed by atoms with van der Waals surface area (Å²) in [6.45, 7) is 12.7. The van der Waals surface area contributed by atoms with Crippen molar-refractivity contribution in [2.45, 2.75) is 84.5 Å². The molecule has 0 saturated carbocycles. The molecule has 0 spiro atoms. The Kier molecular flexibility index (Phi) is 11.0. The van der Waals surface area contributed by atoms with Crippen molar-refractivity contribution >= 4 is 33.7 Å². The standard InChI is InChI=1S/C32H43BrN2O6/c1-30(2,3)18-19-34-29(38)32(17-16-26(37)41-31(4,5)6)27(22-8-12-24(33)13-9-22)40-28(35-32)23-10-14-25(15-11-23)39-21-7-20-36/h8-15,27,36H,7,16-21H2,1-6H3,(H,34,38)/t27-,32-/m1/s1. The molecule has 0 bridgehead atoms. The van der Waals surface area contributed by atoms with E-state index in [4.69, 9.17) is 24.3 Å². The van der Waals surface area contributed by atoms with Gasteiger partial charge in [0.1, 0.15) is 11.4 Å². The van der Waals surface area contributed by atoms with Gasteiger partial charge in [-0.3, -0.25) is 9.59 Å². The molecule has 3 rings (SSSR count). The molecule has 2 aromatic carbocycles. The van der Waals surface area contributed by atoms with E-state index in [-0.39, 0.29) is 30.8 Å². The van der Waals surface area contributed by atoms with E-state index >= 15 is 0 Å².